The van der Waals surface area contributed by atoms with Gasteiger partial charge in [0.15, 0.2) is 0 Å². The maximum absolute atomic E-state index is 12.8. The maximum atomic E-state index is 12.8. The molecular weight excluding hydrogens is 388 g/mol. The molecule has 5 rings (SSSR count). The minimum Gasteiger partial charge on any atom is -0.299 e. The Kier molecular flexibility index (Phi) is 5.05. The fraction of sp³-hybridized carbons (Fsp3) is 0.903. The Labute approximate surface area is 198 Å². The van der Waals surface area contributed by atoms with Gasteiger partial charge in [0.1, 0.15) is 5.78 Å². The molecule has 0 heterocycles. The second-order valence-electron chi connectivity index (χ2n) is 14.6. The van der Waals surface area contributed by atoms with Crippen LogP contribution in [0.1, 0.15) is 119 Å². The number of fused-ring (bicyclic) bond motifs is 2. The molecule has 5 saturated carbocycles. The van der Waals surface area contributed by atoms with Gasteiger partial charge in [0.25, 0.3) is 0 Å². The monoisotopic (exact) mass is 438 g/mol. The molecule has 5 aliphatic carbocycles. The molecule has 2 unspecified atom stereocenters. The molecule has 0 aromatic carbocycles. The first kappa shape index (κ1) is 23.2. The molecule has 0 radical (unpaired) electrons. The fourth-order valence-corrected chi connectivity index (χ4v) is 11.0. The normalized spacial score (nSPS) is 49.6. The van der Waals surface area contributed by atoms with Gasteiger partial charge in [0.2, 0.25) is 0 Å². The third kappa shape index (κ3) is 2.66. The number of allylic oxidation sites excluding steroid dienone is 1. The van der Waals surface area contributed by atoms with Crippen molar-refractivity contribution in [2.75, 3.05) is 0 Å². The molecule has 0 aromatic heterocycles. The van der Waals surface area contributed by atoms with Gasteiger partial charge in [0.05, 0.1) is 0 Å². The summed E-state index contributed by atoms with van der Waals surface area (Å²) in [4.78, 5) is 12.8. The van der Waals surface area contributed by atoms with Crippen molar-refractivity contribution in [3.63, 3.8) is 0 Å². The van der Waals surface area contributed by atoms with E-state index < -0.39 is 0 Å². The van der Waals surface area contributed by atoms with Crippen LogP contribution >= 0.6 is 0 Å². The van der Waals surface area contributed by atoms with Gasteiger partial charge in [-0.05, 0) is 115 Å². The Hall–Kier alpha value is -0.590. The van der Waals surface area contributed by atoms with E-state index in [-0.39, 0.29) is 5.41 Å². The molecule has 32 heavy (non-hydrogen) atoms. The van der Waals surface area contributed by atoms with Crippen molar-refractivity contribution in [3.05, 3.63) is 12.2 Å². The molecular formula is C31H50O. The molecule has 5 aliphatic rings. The minimum atomic E-state index is -0.0834. The van der Waals surface area contributed by atoms with Crippen LogP contribution in [0.3, 0.4) is 0 Å². The summed E-state index contributed by atoms with van der Waals surface area (Å²) in [6.07, 6.45) is 14.5. The summed E-state index contributed by atoms with van der Waals surface area (Å²) < 4.78 is 0. The van der Waals surface area contributed by atoms with Crippen LogP contribution in [0, 0.1) is 56.7 Å². The number of hydrogen-bond donors (Lipinski definition) is 0. The van der Waals surface area contributed by atoms with Crippen molar-refractivity contribution < 1.29 is 4.79 Å². The summed E-state index contributed by atoms with van der Waals surface area (Å²) in [6.45, 7) is 21.5. The molecule has 0 saturated heterocycles. The summed E-state index contributed by atoms with van der Waals surface area (Å²) in [5.41, 5.74) is 3.44. The highest BCUT2D eigenvalue weighted by Gasteiger charge is 2.82. The quantitative estimate of drug-likeness (QED) is 0.393. The topological polar surface area (TPSA) is 17.1 Å². The van der Waals surface area contributed by atoms with Crippen LogP contribution in [0.4, 0.5) is 0 Å². The van der Waals surface area contributed by atoms with E-state index >= 15 is 0 Å². The van der Waals surface area contributed by atoms with Crippen LogP contribution in [-0.2, 0) is 4.79 Å². The number of rotatable bonds is 5. The first-order chi connectivity index (χ1) is 14.9. The number of carbonyl (C=O) groups excluding carboxylic acids is 1. The van der Waals surface area contributed by atoms with Gasteiger partial charge in [-0.1, -0.05) is 60.6 Å². The average Bonchev–Trinajstić information content (AvgIpc) is 3.31. The Morgan fingerprint density at radius 2 is 1.56 bits per heavy atom. The van der Waals surface area contributed by atoms with E-state index in [4.69, 9.17) is 0 Å². The first-order valence-electron chi connectivity index (χ1n) is 14.1. The van der Waals surface area contributed by atoms with Gasteiger partial charge >= 0.3 is 0 Å². The molecule has 0 amide bonds. The predicted octanol–water partition coefficient (Wildman–Crippen LogP) is 8.62. The van der Waals surface area contributed by atoms with Crippen molar-refractivity contribution in [1.29, 1.82) is 0 Å². The SMILES string of the molecule is C=C(CCC(C)C1CC[C@@]2(C)[C@H]3CC[C@H]4C(C)(C)C(=O)CC[C@@]45C[C@@]35CC[C@]12C)C(C)C. The summed E-state index contributed by atoms with van der Waals surface area (Å²) in [6, 6.07) is 0. The van der Waals surface area contributed by atoms with Crippen LogP contribution in [-0.4, -0.2) is 5.78 Å². The standard InChI is InChI=1S/C31H50O/c1-20(2)21(3)9-10-22(4)23-13-15-29(8)25-12-11-24-27(5,6)26(32)14-16-30(24)19-31(25,30)18-17-28(23,29)7/h20,22-25H,3,9-19H2,1-2,4-8H3/t22?,23?,24-,25+,28+,29-,30+,31-/m0/s1. The second-order valence-corrected chi connectivity index (χ2v) is 14.6. The van der Waals surface area contributed by atoms with E-state index in [0.29, 0.717) is 39.3 Å². The smallest absolute Gasteiger partial charge is 0.138 e. The lowest BCUT2D eigenvalue weighted by Gasteiger charge is -2.62. The van der Waals surface area contributed by atoms with E-state index in [2.05, 4.69) is 55.0 Å². The van der Waals surface area contributed by atoms with Gasteiger partial charge in [-0.3, -0.25) is 4.79 Å². The summed E-state index contributed by atoms with van der Waals surface area (Å²) >= 11 is 0. The predicted molar refractivity (Wildman–Crippen MR) is 134 cm³/mol. The number of hydrogen-bond acceptors (Lipinski definition) is 1. The molecule has 1 heteroatoms. The zero-order valence-electron chi connectivity index (χ0n) is 22.3. The van der Waals surface area contributed by atoms with E-state index in [1.54, 1.807) is 0 Å². The van der Waals surface area contributed by atoms with Gasteiger partial charge in [-0.2, -0.15) is 0 Å². The van der Waals surface area contributed by atoms with Crippen molar-refractivity contribution >= 4 is 5.78 Å². The number of Topliss-reactive ketones (excluding diaryl/α,β-unsaturated/α-hetero) is 1. The van der Waals surface area contributed by atoms with E-state index in [1.807, 2.05) is 0 Å². The first-order valence-corrected chi connectivity index (χ1v) is 14.1. The van der Waals surface area contributed by atoms with E-state index in [1.165, 1.54) is 69.8 Å². The molecule has 0 aliphatic heterocycles. The summed E-state index contributed by atoms with van der Waals surface area (Å²) in [7, 11) is 0. The lowest BCUT2D eigenvalue weighted by atomic mass is 9.42. The Bertz CT molecular complexity index is 820. The van der Waals surface area contributed by atoms with Crippen LogP contribution < -0.4 is 0 Å². The highest BCUT2D eigenvalue weighted by atomic mass is 16.1. The number of carbonyl (C=O) groups is 1. The largest absolute Gasteiger partial charge is 0.299 e. The van der Waals surface area contributed by atoms with Gasteiger partial charge in [-0.15, -0.1) is 0 Å². The Morgan fingerprint density at radius 1 is 0.906 bits per heavy atom. The zero-order chi connectivity index (χ0) is 23.3. The molecule has 0 N–H and O–H groups in total. The third-order valence-electron chi connectivity index (χ3n) is 13.3. The average molecular weight is 439 g/mol. The molecule has 1 nitrogen and oxygen atoms in total. The summed E-state index contributed by atoms with van der Waals surface area (Å²) in [5.74, 6) is 4.41. The van der Waals surface area contributed by atoms with Crippen LogP contribution in [0.5, 0.6) is 0 Å². The zero-order valence-corrected chi connectivity index (χ0v) is 22.3. The van der Waals surface area contributed by atoms with E-state index in [9.17, 15) is 4.79 Å². The second kappa shape index (κ2) is 6.97. The van der Waals surface area contributed by atoms with Gasteiger partial charge in [0, 0.05) is 11.8 Å². The van der Waals surface area contributed by atoms with Crippen molar-refractivity contribution in [2.24, 2.45) is 56.7 Å². The highest BCUT2D eigenvalue weighted by Crippen LogP contribution is 2.88. The van der Waals surface area contributed by atoms with Crippen molar-refractivity contribution in [3.8, 4) is 0 Å². The summed E-state index contributed by atoms with van der Waals surface area (Å²) in [5, 5.41) is 0. The Morgan fingerprint density at radius 3 is 2.25 bits per heavy atom. The third-order valence-corrected chi connectivity index (χ3v) is 13.3. The van der Waals surface area contributed by atoms with Crippen molar-refractivity contribution in [1.82, 2.24) is 0 Å². The van der Waals surface area contributed by atoms with E-state index in [0.717, 1.165) is 24.2 Å². The lowest BCUT2D eigenvalue weighted by Crippen LogP contribution is -2.57. The molecule has 2 spiro atoms. The number of ketones is 1. The van der Waals surface area contributed by atoms with Gasteiger partial charge < -0.3 is 0 Å². The lowest BCUT2D eigenvalue weighted by molar-refractivity contribution is -0.157. The van der Waals surface area contributed by atoms with Gasteiger partial charge in [-0.25, -0.2) is 0 Å². The highest BCUT2D eigenvalue weighted by molar-refractivity contribution is 5.86. The molecule has 0 bridgehead atoms. The van der Waals surface area contributed by atoms with Crippen LogP contribution in [0.15, 0.2) is 12.2 Å². The van der Waals surface area contributed by atoms with Crippen molar-refractivity contribution in [2.45, 2.75) is 119 Å². The minimum absolute atomic E-state index is 0.0834. The van der Waals surface area contributed by atoms with Crippen LogP contribution in [0.2, 0.25) is 0 Å². The maximum Gasteiger partial charge on any atom is 0.138 e. The van der Waals surface area contributed by atoms with Crippen LogP contribution in [0.25, 0.3) is 0 Å². The fourth-order valence-electron chi connectivity index (χ4n) is 11.0. The molecule has 8 atom stereocenters. The molecule has 180 valence electrons. The Balaban J connectivity index is 1.39. The molecule has 0 aromatic rings. The molecule has 5 fully saturated rings.